The molecule has 0 spiro atoms. The van der Waals surface area contributed by atoms with E-state index in [1.165, 1.54) is 20.3 Å². The highest BCUT2D eigenvalue weighted by Gasteiger charge is 2.70. The Hall–Kier alpha value is -2.61. The van der Waals surface area contributed by atoms with Crippen molar-refractivity contribution in [2.45, 2.75) is 25.5 Å². The average Bonchev–Trinajstić information content (AvgIpc) is 2.97. The molecule has 2 heterocycles. The van der Waals surface area contributed by atoms with E-state index in [1.807, 2.05) is 0 Å². The van der Waals surface area contributed by atoms with Gasteiger partial charge in [-0.2, -0.15) is 0 Å². The summed E-state index contributed by atoms with van der Waals surface area (Å²) >= 11 is 0. The van der Waals surface area contributed by atoms with Crippen molar-refractivity contribution >= 4 is 17.7 Å². The molecule has 8 heteroatoms. The molecule has 8 nitrogen and oxygen atoms in total. The van der Waals surface area contributed by atoms with E-state index in [0.29, 0.717) is 5.75 Å². The zero-order valence-electron chi connectivity index (χ0n) is 15.1. The molecule has 0 unspecified atom stereocenters. The first-order chi connectivity index (χ1) is 12.3. The van der Waals surface area contributed by atoms with Gasteiger partial charge < -0.3 is 18.9 Å². The Labute approximate surface area is 150 Å². The van der Waals surface area contributed by atoms with Crippen LogP contribution in [0.4, 0.5) is 0 Å². The van der Waals surface area contributed by atoms with E-state index in [-0.39, 0.29) is 24.5 Å². The fourth-order valence-electron chi connectivity index (χ4n) is 3.62. The highest BCUT2D eigenvalue weighted by Crippen LogP contribution is 2.48. The maximum Gasteiger partial charge on any atom is 0.329 e. The van der Waals surface area contributed by atoms with Crippen LogP contribution in [0.5, 0.6) is 11.5 Å². The van der Waals surface area contributed by atoms with Crippen LogP contribution >= 0.6 is 0 Å². The Balaban J connectivity index is 2.16. The van der Waals surface area contributed by atoms with Gasteiger partial charge >= 0.3 is 11.9 Å². The summed E-state index contributed by atoms with van der Waals surface area (Å²) in [6, 6.07) is 4.73. The molecule has 2 aliphatic rings. The number of carbonyl (C=O) groups excluding carboxylic acids is 3. The van der Waals surface area contributed by atoms with Crippen LogP contribution in [-0.4, -0.2) is 56.7 Å². The van der Waals surface area contributed by atoms with Crippen molar-refractivity contribution in [1.82, 2.24) is 5.32 Å². The third-order valence-corrected chi connectivity index (χ3v) is 5.04. The van der Waals surface area contributed by atoms with Gasteiger partial charge in [0.25, 0.3) is 0 Å². The number of benzene rings is 1. The van der Waals surface area contributed by atoms with E-state index in [2.05, 4.69) is 5.32 Å². The van der Waals surface area contributed by atoms with E-state index in [0.717, 1.165) is 0 Å². The average molecular weight is 363 g/mol. The number of carbonyl (C=O) groups is 3. The summed E-state index contributed by atoms with van der Waals surface area (Å²) in [5, 5.41) is 2.96. The first-order valence-corrected chi connectivity index (χ1v) is 8.25. The maximum atomic E-state index is 13.3. The molecular weight excluding hydrogens is 342 g/mol. The number of esters is 2. The van der Waals surface area contributed by atoms with Crippen LogP contribution in [0, 0.1) is 5.41 Å². The summed E-state index contributed by atoms with van der Waals surface area (Å²) in [4.78, 5) is 38.5. The van der Waals surface area contributed by atoms with Crippen molar-refractivity contribution in [2.24, 2.45) is 5.41 Å². The lowest BCUT2D eigenvalue weighted by Gasteiger charge is -2.40. The number of rotatable bonds is 4. The van der Waals surface area contributed by atoms with E-state index >= 15 is 0 Å². The van der Waals surface area contributed by atoms with Crippen molar-refractivity contribution in [3.63, 3.8) is 0 Å². The molecule has 0 amide bonds. The zero-order valence-corrected chi connectivity index (χ0v) is 15.1. The number of methoxy groups -OCH3 is 2. The minimum atomic E-state index is -1.68. The minimum Gasteiger partial charge on any atom is -0.497 e. The third-order valence-electron chi connectivity index (χ3n) is 5.04. The number of Topliss-reactive ketones (excluding diaryl/α,β-unsaturated/α-hetero) is 1. The van der Waals surface area contributed by atoms with Gasteiger partial charge in [0, 0.05) is 6.54 Å². The zero-order chi connectivity index (χ0) is 19.1. The van der Waals surface area contributed by atoms with Gasteiger partial charge in [-0.25, -0.2) is 4.79 Å². The van der Waals surface area contributed by atoms with Gasteiger partial charge in [0.15, 0.2) is 22.8 Å². The number of ether oxygens (including phenoxy) is 4. The Morgan fingerprint density at radius 1 is 1.31 bits per heavy atom. The van der Waals surface area contributed by atoms with Gasteiger partial charge in [0.2, 0.25) is 0 Å². The second-order valence-corrected chi connectivity index (χ2v) is 6.43. The van der Waals surface area contributed by atoms with E-state index in [9.17, 15) is 14.4 Å². The molecule has 1 aromatic rings. The Morgan fingerprint density at radius 3 is 2.65 bits per heavy atom. The highest BCUT2D eigenvalue weighted by molar-refractivity contribution is 6.17. The van der Waals surface area contributed by atoms with Gasteiger partial charge in [0.05, 0.1) is 26.4 Å². The fraction of sp³-hybridized carbons (Fsp3) is 0.500. The lowest BCUT2D eigenvalue weighted by molar-refractivity contribution is -0.159. The summed E-state index contributed by atoms with van der Waals surface area (Å²) in [6.07, 6.45) is -1.10. The van der Waals surface area contributed by atoms with Crippen LogP contribution in [0.25, 0.3) is 0 Å². The van der Waals surface area contributed by atoms with Crippen LogP contribution in [0.1, 0.15) is 24.2 Å². The first-order valence-electron chi connectivity index (χ1n) is 8.25. The van der Waals surface area contributed by atoms with Crippen molar-refractivity contribution < 1.29 is 33.3 Å². The molecule has 3 rings (SSSR count). The van der Waals surface area contributed by atoms with E-state index in [1.54, 1.807) is 26.0 Å². The number of ketones is 1. The van der Waals surface area contributed by atoms with Gasteiger partial charge in [-0.05, 0) is 32.0 Å². The summed E-state index contributed by atoms with van der Waals surface area (Å²) in [5.74, 6) is -1.10. The van der Waals surface area contributed by atoms with Crippen LogP contribution in [0.3, 0.4) is 0 Å². The molecule has 3 atom stereocenters. The second-order valence-electron chi connectivity index (χ2n) is 6.43. The van der Waals surface area contributed by atoms with Gasteiger partial charge in [-0.3, -0.25) is 14.9 Å². The summed E-state index contributed by atoms with van der Waals surface area (Å²) < 4.78 is 21.2. The number of hydrogen-bond donors (Lipinski definition) is 1. The summed E-state index contributed by atoms with van der Waals surface area (Å²) in [5.41, 5.74) is -2.85. The predicted octanol–water partition coefficient (Wildman–Crippen LogP) is 0.723. The predicted molar refractivity (Wildman–Crippen MR) is 89.2 cm³/mol. The number of hydrogen-bond acceptors (Lipinski definition) is 8. The fourth-order valence-corrected chi connectivity index (χ4v) is 3.62. The SMILES string of the molecule is CCOC(=O)[C@]1(C)NC[C@@]2(C(=O)OC)C(=O)c3cc(OC)ccc3O[C@H]21. The summed E-state index contributed by atoms with van der Waals surface area (Å²) in [6.45, 7) is 3.30. The molecule has 1 N–H and O–H groups in total. The Kier molecular flexibility index (Phi) is 4.39. The lowest BCUT2D eigenvalue weighted by atomic mass is 9.71. The first kappa shape index (κ1) is 18.2. The number of nitrogens with one attached hydrogen (secondary N) is 1. The molecular formula is C18H21NO7. The topological polar surface area (TPSA) is 100 Å². The highest BCUT2D eigenvalue weighted by atomic mass is 16.6. The third kappa shape index (κ3) is 2.28. The summed E-state index contributed by atoms with van der Waals surface area (Å²) in [7, 11) is 2.67. The number of fused-ring (bicyclic) bond motifs is 2. The van der Waals surface area contributed by atoms with Crippen molar-refractivity contribution in [3.8, 4) is 11.5 Å². The quantitative estimate of drug-likeness (QED) is 0.617. The Bertz CT molecular complexity index is 777. The van der Waals surface area contributed by atoms with Crippen molar-refractivity contribution in [2.75, 3.05) is 27.4 Å². The Morgan fingerprint density at radius 2 is 2.04 bits per heavy atom. The normalized spacial score (nSPS) is 29.2. The van der Waals surface area contributed by atoms with Gasteiger partial charge in [-0.15, -0.1) is 0 Å². The molecule has 1 saturated heterocycles. The molecule has 140 valence electrons. The molecule has 1 aromatic carbocycles. The molecule has 0 aromatic heterocycles. The molecule has 0 radical (unpaired) electrons. The standard InChI is InChI=1S/C18H21NO7/c1-5-25-15(21)17(2)14-18(9-19-17,16(22)24-4)13(20)11-8-10(23-3)6-7-12(11)26-14/h6-8,14,19H,5,9H2,1-4H3/t14-,17+,18+/m0/s1. The lowest BCUT2D eigenvalue weighted by Crippen LogP contribution is -2.62. The smallest absolute Gasteiger partial charge is 0.329 e. The minimum absolute atomic E-state index is 0.102. The van der Waals surface area contributed by atoms with Crippen LogP contribution in [-0.2, 0) is 19.1 Å². The van der Waals surface area contributed by atoms with E-state index < -0.39 is 34.8 Å². The van der Waals surface area contributed by atoms with E-state index in [4.69, 9.17) is 18.9 Å². The second kappa shape index (κ2) is 6.28. The van der Waals surface area contributed by atoms with Crippen LogP contribution < -0.4 is 14.8 Å². The maximum absolute atomic E-state index is 13.3. The van der Waals surface area contributed by atoms with Crippen molar-refractivity contribution in [3.05, 3.63) is 23.8 Å². The van der Waals surface area contributed by atoms with Gasteiger partial charge in [0.1, 0.15) is 11.5 Å². The van der Waals surface area contributed by atoms with Crippen LogP contribution in [0.2, 0.25) is 0 Å². The largest absolute Gasteiger partial charge is 0.497 e. The molecule has 1 fully saturated rings. The van der Waals surface area contributed by atoms with Gasteiger partial charge in [-0.1, -0.05) is 0 Å². The van der Waals surface area contributed by atoms with Crippen molar-refractivity contribution in [1.29, 1.82) is 0 Å². The monoisotopic (exact) mass is 363 g/mol. The molecule has 0 aliphatic carbocycles. The molecule has 26 heavy (non-hydrogen) atoms. The molecule has 0 saturated carbocycles. The molecule has 0 bridgehead atoms. The molecule has 2 aliphatic heterocycles. The van der Waals surface area contributed by atoms with Crippen LogP contribution in [0.15, 0.2) is 18.2 Å².